The van der Waals surface area contributed by atoms with Gasteiger partial charge in [0.2, 0.25) is 0 Å². The molecule has 4 aliphatic carbocycles. The summed E-state index contributed by atoms with van der Waals surface area (Å²) in [6.45, 7) is 8.42. The van der Waals surface area contributed by atoms with E-state index in [1.54, 1.807) is 5.57 Å². The number of hydrogen-bond donors (Lipinski definition) is 0. The molecule has 0 aromatic rings. The van der Waals surface area contributed by atoms with Gasteiger partial charge < -0.3 is 4.52 Å². The summed E-state index contributed by atoms with van der Waals surface area (Å²) in [5, 5.41) is 0. The molecule has 5 fully saturated rings. The molecule has 6 rings (SSSR count). The zero-order valence-electron chi connectivity index (χ0n) is 17.9. The van der Waals surface area contributed by atoms with E-state index in [0.717, 1.165) is 71.1 Å². The van der Waals surface area contributed by atoms with Crippen LogP contribution in [-0.4, -0.2) is 47.4 Å². The molecule has 0 N–H and O–H groups in total. The van der Waals surface area contributed by atoms with Crippen molar-refractivity contribution in [3.8, 4) is 0 Å². The third-order valence-electron chi connectivity index (χ3n) is 9.62. The van der Waals surface area contributed by atoms with E-state index in [1.807, 2.05) is 9.34 Å². The van der Waals surface area contributed by atoms with E-state index in [1.165, 1.54) is 6.42 Å². The number of fused-ring (bicyclic) bond motifs is 5. The van der Waals surface area contributed by atoms with Crippen LogP contribution >= 0.6 is 7.67 Å². The van der Waals surface area contributed by atoms with Crippen molar-refractivity contribution in [2.24, 2.45) is 28.6 Å². The minimum atomic E-state index is -2.74. The molecule has 5 nitrogen and oxygen atoms in total. The van der Waals surface area contributed by atoms with E-state index in [9.17, 15) is 9.36 Å². The summed E-state index contributed by atoms with van der Waals surface area (Å²) in [5.74, 6) is 2.49. The fraction of sp³-hybridized carbons (Fsp3) is 0.870. The number of Topliss-reactive ketones (excluding diaryl/α,β-unsaturated/α-hetero) is 1. The summed E-state index contributed by atoms with van der Waals surface area (Å²) < 4.78 is 23.9. The standard InChI is InChI=1S/C23H35N2O3P/c1-22-9-7-17(28-29(27,24-11-12-24)25-13-14-25)15-16(22)3-4-18-19-5-6-21(26)23(19,2)10-8-20(18)22/h3,17-20H,4-15H2,1-2H3/t17-,18+,19-,20+,22-,23-/m0/s1. The minimum Gasteiger partial charge on any atom is -0.302 e. The van der Waals surface area contributed by atoms with Gasteiger partial charge in [0.15, 0.2) is 0 Å². The molecular weight excluding hydrogens is 383 g/mol. The monoisotopic (exact) mass is 418 g/mol. The van der Waals surface area contributed by atoms with E-state index in [2.05, 4.69) is 19.9 Å². The molecule has 0 radical (unpaired) electrons. The number of ketones is 1. The fourth-order valence-corrected chi connectivity index (χ4v) is 9.97. The first-order chi connectivity index (χ1) is 13.8. The van der Waals surface area contributed by atoms with Crippen molar-refractivity contribution in [3.05, 3.63) is 11.6 Å². The third kappa shape index (κ3) is 2.76. The van der Waals surface area contributed by atoms with Gasteiger partial charge in [0, 0.05) is 38.0 Å². The lowest BCUT2D eigenvalue weighted by atomic mass is 9.48. The van der Waals surface area contributed by atoms with Gasteiger partial charge in [-0.2, -0.15) is 0 Å². The number of allylic oxidation sites excluding steroid dienone is 1. The van der Waals surface area contributed by atoms with Crippen molar-refractivity contribution >= 4 is 13.5 Å². The van der Waals surface area contributed by atoms with Crippen molar-refractivity contribution in [1.82, 2.24) is 9.34 Å². The molecule has 0 amide bonds. The van der Waals surface area contributed by atoms with Gasteiger partial charge in [-0.3, -0.25) is 9.36 Å². The van der Waals surface area contributed by atoms with E-state index in [-0.39, 0.29) is 16.9 Å². The summed E-state index contributed by atoms with van der Waals surface area (Å²) >= 11 is 0. The highest BCUT2D eigenvalue weighted by atomic mass is 31.2. The van der Waals surface area contributed by atoms with Gasteiger partial charge in [0.1, 0.15) is 5.78 Å². The van der Waals surface area contributed by atoms with Crippen LogP contribution in [-0.2, 0) is 13.9 Å². The lowest BCUT2D eigenvalue weighted by Crippen LogP contribution is -2.50. The third-order valence-corrected chi connectivity index (χ3v) is 12.4. The molecule has 0 spiro atoms. The molecule has 0 aromatic heterocycles. The van der Waals surface area contributed by atoms with Gasteiger partial charge in [-0.1, -0.05) is 25.5 Å². The first kappa shape index (κ1) is 19.2. The van der Waals surface area contributed by atoms with Crippen LogP contribution in [0.15, 0.2) is 11.6 Å². The Balaban J connectivity index is 1.22. The molecule has 2 saturated heterocycles. The van der Waals surface area contributed by atoms with E-state index >= 15 is 0 Å². The highest BCUT2D eigenvalue weighted by Gasteiger charge is 2.59. The second-order valence-electron chi connectivity index (χ2n) is 11.0. The summed E-state index contributed by atoms with van der Waals surface area (Å²) in [5.41, 5.74) is 1.76. The molecule has 29 heavy (non-hydrogen) atoms. The lowest BCUT2D eigenvalue weighted by Gasteiger charge is -2.57. The van der Waals surface area contributed by atoms with Crippen molar-refractivity contribution in [2.75, 3.05) is 26.2 Å². The van der Waals surface area contributed by atoms with Crippen LogP contribution in [0.4, 0.5) is 0 Å². The Bertz CT molecular complexity index is 803. The molecule has 3 saturated carbocycles. The van der Waals surface area contributed by atoms with Crippen molar-refractivity contribution in [1.29, 1.82) is 0 Å². The molecule has 0 bridgehead atoms. The maximum atomic E-state index is 13.4. The second kappa shape index (κ2) is 6.28. The first-order valence-corrected chi connectivity index (χ1v) is 13.4. The van der Waals surface area contributed by atoms with E-state index in [4.69, 9.17) is 4.52 Å². The predicted octanol–water partition coefficient (Wildman–Crippen LogP) is 4.64. The number of nitrogens with zero attached hydrogens (tertiary/aromatic N) is 2. The highest BCUT2D eigenvalue weighted by molar-refractivity contribution is 7.54. The molecule has 160 valence electrons. The molecule has 0 unspecified atom stereocenters. The molecule has 6 heteroatoms. The smallest absolute Gasteiger partial charge is 0.302 e. The Morgan fingerprint density at radius 1 is 1.00 bits per heavy atom. The molecule has 6 atom stereocenters. The summed E-state index contributed by atoms with van der Waals surface area (Å²) in [6.07, 6.45) is 11.0. The molecule has 0 aromatic carbocycles. The van der Waals surface area contributed by atoms with Gasteiger partial charge >= 0.3 is 7.67 Å². The summed E-state index contributed by atoms with van der Waals surface area (Å²) in [7, 11) is -2.74. The SMILES string of the molecule is C[C@]12CC[C@H](OP(=O)(N3CC3)N3CC3)CC1=CC[C@H]1[C@H]2CC[C@]2(C)C(=O)CC[C@@H]12. The molecule has 6 aliphatic rings. The molecule has 2 aliphatic heterocycles. The number of carbonyl (C=O) groups is 1. The van der Waals surface area contributed by atoms with Crippen LogP contribution in [0, 0.1) is 28.6 Å². The average molecular weight is 419 g/mol. The lowest BCUT2D eigenvalue weighted by molar-refractivity contribution is -0.131. The van der Waals surface area contributed by atoms with Crippen LogP contribution in [0.1, 0.15) is 65.2 Å². The predicted molar refractivity (Wildman–Crippen MR) is 112 cm³/mol. The largest absolute Gasteiger partial charge is 0.346 e. The van der Waals surface area contributed by atoms with Gasteiger partial charge in [0.05, 0.1) is 6.10 Å². The van der Waals surface area contributed by atoms with E-state index in [0.29, 0.717) is 23.5 Å². The highest BCUT2D eigenvalue weighted by Crippen LogP contribution is 2.66. The second-order valence-corrected chi connectivity index (χ2v) is 13.4. The van der Waals surface area contributed by atoms with Gasteiger partial charge in [-0.15, -0.1) is 0 Å². The Hall–Kier alpha value is -0.480. The Morgan fingerprint density at radius 2 is 1.66 bits per heavy atom. The number of rotatable bonds is 4. The van der Waals surface area contributed by atoms with Gasteiger partial charge in [-0.25, -0.2) is 9.34 Å². The van der Waals surface area contributed by atoms with Crippen LogP contribution in [0.5, 0.6) is 0 Å². The fourth-order valence-electron chi connectivity index (χ4n) is 7.59. The topological polar surface area (TPSA) is 49.4 Å². The quantitative estimate of drug-likeness (QED) is 0.378. The summed E-state index contributed by atoms with van der Waals surface area (Å²) in [4.78, 5) is 12.6. The molecule has 2 heterocycles. The van der Waals surface area contributed by atoms with Gasteiger partial charge in [-0.05, 0) is 68.1 Å². The Labute approximate surface area is 174 Å². The van der Waals surface area contributed by atoms with Crippen molar-refractivity contribution in [3.63, 3.8) is 0 Å². The normalized spacial score (nSPS) is 47.2. The number of hydrogen-bond acceptors (Lipinski definition) is 3. The zero-order valence-corrected chi connectivity index (χ0v) is 18.8. The van der Waals surface area contributed by atoms with Crippen LogP contribution in [0.3, 0.4) is 0 Å². The first-order valence-electron chi connectivity index (χ1n) is 11.9. The van der Waals surface area contributed by atoms with Crippen molar-refractivity contribution < 1.29 is 13.9 Å². The summed E-state index contributed by atoms with van der Waals surface area (Å²) in [6, 6.07) is 0. The van der Waals surface area contributed by atoms with Crippen molar-refractivity contribution in [2.45, 2.75) is 71.3 Å². The Kier molecular flexibility index (Phi) is 4.16. The van der Waals surface area contributed by atoms with Crippen LogP contribution < -0.4 is 0 Å². The van der Waals surface area contributed by atoms with Crippen LogP contribution in [0.25, 0.3) is 0 Å². The Morgan fingerprint density at radius 3 is 2.34 bits per heavy atom. The zero-order chi connectivity index (χ0) is 20.0. The minimum absolute atomic E-state index is 0.0484. The average Bonchev–Trinajstić information content (AvgIpc) is 3.59. The maximum Gasteiger partial charge on any atom is 0.346 e. The van der Waals surface area contributed by atoms with Crippen LogP contribution in [0.2, 0.25) is 0 Å². The van der Waals surface area contributed by atoms with E-state index < -0.39 is 7.67 Å². The maximum absolute atomic E-state index is 13.4. The van der Waals surface area contributed by atoms with Gasteiger partial charge in [0.25, 0.3) is 0 Å². The molecular formula is C23H35N2O3P. The number of carbonyl (C=O) groups excluding carboxylic acids is 1.